The molecule has 0 atom stereocenters. The van der Waals surface area contributed by atoms with E-state index in [9.17, 15) is 14.4 Å². The van der Waals surface area contributed by atoms with E-state index in [0.717, 1.165) is 10.5 Å². The molecule has 1 heterocycles. The molecule has 0 aliphatic carbocycles. The Morgan fingerprint density at radius 1 is 1.30 bits per heavy atom. The molecule has 1 aromatic carbocycles. The monoisotopic (exact) mass is 295 g/mol. The van der Waals surface area contributed by atoms with Crippen LogP contribution in [0.3, 0.4) is 0 Å². The second-order valence-corrected chi connectivity index (χ2v) is 4.96. The van der Waals surface area contributed by atoms with Crippen molar-refractivity contribution in [2.24, 2.45) is 0 Å². The molecule has 1 saturated heterocycles. The lowest BCUT2D eigenvalue weighted by atomic mass is 10.2. The van der Waals surface area contributed by atoms with Crippen molar-refractivity contribution in [2.75, 3.05) is 20.1 Å². The van der Waals surface area contributed by atoms with Crippen LogP contribution in [0.15, 0.2) is 24.3 Å². The fourth-order valence-electron chi connectivity index (χ4n) is 1.83. The van der Waals surface area contributed by atoms with Gasteiger partial charge in [-0.1, -0.05) is 23.7 Å². The molecule has 7 heteroatoms. The molecular formula is C13H14ClN3O3. The van der Waals surface area contributed by atoms with Gasteiger partial charge in [-0.3, -0.25) is 14.5 Å². The summed E-state index contributed by atoms with van der Waals surface area (Å²) >= 11 is 5.76. The Hall–Kier alpha value is -2.08. The third-order valence-electron chi connectivity index (χ3n) is 2.94. The third-order valence-corrected chi connectivity index (χ3v) is 3.19. The summed E-state index contributed by atoms with van der Waals surface area (Å²) in [6.07, 6.45) is 0. The smallest absolute Gasteiger partial charge is 0.327 e. The number of imide groups is 1. The van der Waals surface area contributed by atoms with Crippen molar-refractivity contribution >= 4 is 29.4 Å². The summed E-state index contributed by atoms with van der Waals surface area (Å²) in [4.78, 5) is 37.1. The highest BCUT2D eigenvalue weighted by Gasteiger charge is 2.34. The van der Waals surface area contributed by atoms with Gasteiger partial charge in [0.1, 0.15) is 13.1 Å². The zero-order chi connectivity index (χ0) is 14.7. The van der Waals surface area contributed by atoms with Crippen molar-refractivity contribution in [1.29, 1.82) is 0 Å². The van der Waals surface area contributed by atoms with E-state index in [1.165, 1.54) is 11.9 Å². The molecule has 106 valence electrons. The minimum absolute atomic E-state index is 0.0172. The quantitative estimate of drug-likeness (QED) is 0.837. The summed E-state index contributed by atoms with van der Waals surface area (Å²) in [6, 6.07) is 6.60. The molecule has 0 saturated carbocycles. The van der Waals surface area contributed by atoms with Gasteiger partial charge in [-0.15, -0.1) is 0 Å². The normalized spacial score (nSPS) is 14.9. The lowest BCUT2D eigenvalue weighted by molar-refractivity contribution is -0.130. The maximum Gasteiger partial charge on any atom is 0.327 e. The number of halogens is 1. The molecule has 1 aromatic rings. The standard InChI is InChI=1S/C13H14ClN3O3/c1-16-8-12(19)17(13(16)20)7-11(18)15-6-9-2-4-10(14)5-3-9/h2-5H,6-8H2,1H3,(H,15,18). The Labute approximate surface area is 121 Å². The molecule has 4 amide bonds. The summed E-state index contributed by atoms with van der Waals surface area (Å²) in [5, 5.41) is 3.28. The van der Waals surface area contributed by atoms with Crippen LogP contribution in [0.1, 0.15) is 5.56 Å². The summed E-state index contributed by atoms with van der Waals surface area (Å²) in [5.74, 6) is -0.740. The molecule has 0 unspecified atom stereocenters. The van der Waals surface area contributed by atoms with Gasteiger partial charge in [0.25, 0.3) is 5.91 Å². The van der Waals surface area contributed by atoms with E-state index >= 15 is 0 Å². The van der Waals surface area contributed by atoms with E-state index in [1.807, 2.05) is 0 Å². The molecule has 0 aromatic heterocycles. The number of urea groups is 1. The van der Waals surface area contributed by atoms with Crippen molar-refractivity contribution in [3.63, 3.8) is 0 Å². The van der Waals surface area contributed by atoms with Crippen molar-refractivity contribution in [3.8, 4) is 0 Å². The molecule has 0 radical (unpaired) electrons. The average molecular weight is 296 g/mol. The van der Waals surface area contributed by atoms with Crippen LogP contribution in [-0.4, -0.2) is 47.8 Å². The van der Waals surface area contributed by atoms with Crippen LogP contribution in [0.5, 0.6) is 0 Å². The molecule has 1 fully saturated rings. The molecule has 0 spiro atoms. The highest BCUT2D eigenvalue weighted by Crippen LogP contribution is 2.09. The number of carbonyl (C=O) groups is 3. The van der Waals surface area contributed by atoms with Crippen molar-refractivity contribution in [2.45, 2.75) is 6.54 Å². The Balaban J connectivity index is 1.85. The van der Waals surface area contributed by atoms with Crippen LogP contribution in [0.2, 0.25) is 5.02 Å². The topological polar surface area (TPSA) is 69.7 Å². The summed E-state index contributed by atoms with van der Waals surface area (Å²) < 4.78 is 0. The number of rotatable bonds is 4. The third kappa shape index (κ3) is 3.27. The van der Waals surface area contributed by atoms with Gasteiger partial charge >= 0.3 is 6.03 Å². The zero-order valence-electron chi connectivity index (χ0n) is 10.9. The van der Waals surface area contributed by atoms with Gasteiger partial charge in [0.05, 0.1) is 0 Å². The maximum atomic E-state index is 11.7. The number of amides is 4. The number of nitrogens with one attached hydrogen (secondary N) is 1. The second-order valence-electron chi connectivity index (χ2n) is 4.52. The molecule has 6 nitrogen and oxygen atoms in total. The van der Waals surface area contributed by atoms with Crippen molar-refractivity contribution in [3.05, 3.63) is 34.9 Å². The van der Waals surface area contributed by atoms with Crippen LogP contribution < -0.4 is 5.32 Å². The Kier molecular flexibility index (Phi) is 4.24. The summed E-state index contributed by atoms with van der Waals surface area (Å²) in [7, 11) is 1.52. The van der Waals surface area contributed by atoms with E-state index in [2.05, 4.69) is 5.32 Å². The lowest BCUT2D eigenvalue weighted by Gasteiger charge is -2.13. The van der Waals surface area contributed by atoms with Gasteiger partial charge in [-0.25, -0.2) is 4.79 Å². The first-order valence-corrected chi connectivity index (χ1v) is 6.42. The van der Waals surface area contributed by atoms with Crippen LogP contribution in [0.25, 0.3) is 0 Å². The lowest BCUT2D eigenvalue weighted by Crippen LogP contribution is -2.40. The van der Waals surface area contributed by atoms with Crippen molar-refractivity contribution in [1.82, 2.24) is 15.1 Å². The molecule has 20 heavy (non-hydrogen) atoms. The predicted molar refractivity (Wildman–Crippen MR) is 73.0 cm³/mol. The first-order chi connectivity index (χ1) is 9.47. The van der Waals surface area contributed by atoms with Gasteiger partial charge in [0.2, 0.25) is 5.91 Å². The Morgan fingerprint density at radius 3 is 2.50 bits per heavy atom. The van der Waals surface area contributed by atoms with Gasteiger partial charge in [0.15, 0.2) is 0 Å². The largest absolute Gasteiger partial charge is 0.350 e. The fraction of sp³-hybridized carbons (Fsp3) is 0.308. The fourth-order valence-corrected chi connectivity index (χ4v) is 1.95. The van der Waals surface area contributed by atoms with E-state index in [-0.39, 0.29) is 24.9 Å². The van der Waals surface area contributed by atoms with Gasteiger partial charge in [-0.05, 0) is 17.7 Å². The van der Waals surface area contributed by atoms with Gasteiger partial charge in [0, 0.05) is 18.6 Å². The zero-order valence-corrected chi connectivity index (χ0v) is 11.7. The Morgan fingerprint density at radius 2 is 1.95 bits per heavy atom. The first-order valence-electron chi connectivity index (χ1n) is 6.04. The minimum atomic E-state index is -0.448. The second kappa shape index (κ2) is 5.92. The molecule has 2 rings (SSSR count). The minimum Gasteiger partial charge on any atom is -0.350 e. The Bertz CT molecular complexity index is 544. The van der Waals surface area contributed by atoms with Gasteiger partial charge in [-0.2, -0.15) is 0 Å². The van der Waals surface area contributed by atoms with Gasteiger partial charge < -0.3 is 10.2 Å². The van der Waals surface area contributed by atoms with E-state index in [0.29, 0.717) is 11.6 Å². The highest BCUT2D eigenvalue weighted by molar-refractivity contribution is 6.30. The SMILES string of the molecule is CN1CC(=O)N(CC(=O)NCc2ccc(Cl)cc2)C1=O. The molecule has 1 aliphatic heterocycles. The number of benzene rings is 1. The number of hydrogen-bond acceptors (Lipinski definition) is 3. The van der Waals surface area contributed by atoms with Crippen LogP contribution >= 0.6 is 11.6 Å². The predicted octanol–water partition coefficient (Wildman–Crippen LogP) is 0.850. The van der Waals surface area contributed by atoms with E-state index in [1.54, 1.807) is 24.3 Å². The van der Waals surface area contributed by atoms with Crippen LogP contribution in [0, 0.1) is 0 Å². The number of nitrogens with zero attached hydrogens (tertiary/aromatic N) is 2. The highest BCUT2D eigenvalue weighted by atomic mass is 35.5. The number of carbonyl (C=O) groups excluding carboxylic acids is 3. The molecular weight excluding hydrogens is 282 g/mol. The average Bonchev–Trinajstić information content (AvgIpc) is 2.65. The van der Waals surface area contributed by atoms with Crippen LogP contribution in [0.4, 0.5) is 4.79 Å². The first kappa shape index (κ1) is 14.3. The summed E-state index contributed by atoms with van der Waals surface area (Å²) in [6.45, 7) is 0.0843. The maximum absolute atomic E-state index is 11.7. The number of likely N-dealkylation sites (N-methyl/N-ethyl adjacent to an activating group) is 1. The molecule has 1 N–H and O–H groups in total. The molecule has 0 bridgehead atoms. The summed E-state index contributed by atoms with van der Waals surface area (Å²) in [5.41, 5.74) is 0.888. The van der Waals surface area contributed by atoms with Crippen molar-refractivity contribution < 1.29 is 14.4 Å². The van der Waals surface area contributed by atoms with E-state index in [4.69, 9.17) is 11.6 Å². The molecule has 1 aliphatic rings. The number of hydrogen-bond donors (Lipinski definition) is 1. The van der Waals surface area contributed by atoms with E-state index < -0.39 is 6.03 Å². The van der Waals surface area contributed by atoms with Crippen LogP contribution in [-0.2, 0) is 16.1 Å².